The molecular weight excluding hydrogens is 322 g/mol. The molecule has 0 amide bonds. The molecule has 2 aromatic carbocycles. The van der Waals surface area contributed by atoms with Crippen molar-refractivity contribution in [2.45, 2.75) is 20.0 Å². The van der Waals surface area contributed by atoms with Gasteiger partial charge in [0, 0.05) is 35.6 Å². The van der Waals surface area contributed by atoms with Crippen molar-refractivity contribution in [1.29, 1.82) is 0 Å². The normalized spacial score (nSPS) is 11.2. The predicted octanol–water partition coefficient (Wildman–Crippen LogP) is 4.75. The molecule has 0 radical (unpaired) electrons. The fourth-order valence-electron chi connectivity index (χ4n) is 3.05. The van der Waals surface area contributed by atoms with Gasteiger partial charge in [-0.25, -0.2) is 0 Å². The lowest BCUT2D eigenvalue weighted by Gasteiger charge is -2.18. The highest BCUT2D eigenvalue weighted by atomic mass is 35.5. The van der Waals surface area contributed by atoms with Crippen molar-refractivity contribution in [2.75, 3.05) is 6.54 Å². The second kappa shape index (κ2) is 7.07. The Labute approximate surface area is 146 Å². The quantitative estimate of drug-likeness (QED) is 0.569. The molecule has 24 heavy (non-hydrogen) atoms. The average Bonchev–Trinajstić information content (AvgIpc) is 3.19. The standard InChI is InChI=1S/C19H19N3O.ClH/c1-2-22(12-14-11-20-17-9-5-3-7-15(14)17)13-18-16-8-4-6-10-19(16)23-21-18;/h3-11,20H,2,12-13H2,1H3;1H. The highest BCUT2D eigenvalue weighted by Crippen LogP contribution is 2.22. The molecule has 2 aromatic heterocycles. The smallest absolute Gasteiger partial charge is 0.167 e. The van der Waals surface area contributed by atoms with Gasteiger partial charge in [-0.15, -0.1) is 12.4 Å². The summed E-state index contributed by atoms with van der Waals surface area (Å²) in [4.78, 5) is 5.72. The maximum atomic E-state index is 5.42. The van der Waals surface area contributed by atoms with Crippen LogP contribution in [0.3, 0.4) is 0 Å². The van der Waals surface area contributed by atoms with Gasteiger partial charge in [-0.1, -0.05) is 42.4 Å². The minimum absolute atomic E-state index is 0. The summed E-state index contributed by atoms with van der Waals surface area (Å²) in [5.74, 6) is 0. The van der Waals surface area contributed by atoms with Crippen LogP contribution in [0.15, 0.2) is 59.3 Å². The number of aromatic amines is 1. The van der Waals surface area contributed by atoms with Gasteiger partial charge in [-0.05, 0) is 30.3 Å². The van der Waals surface area contributed by atoms with Crippen LogP contribution in [0.25, 0.3) is 21.9 Å². The van der Waals surface area contributed by atoms with Crippen LogP contribution in [0.1, 0.15) is 18.2 Å². The molecule has 0 saturated heterocycles. The molecular formula is C19H20ClN3O. The minimum Gasteiger partial charge on any atom is -0.361 e. The molecule has 0 aliphatic rings. The maximum Gasteiger partial charge on any atom is 0.167 e. The van der Waals surface area contributed by atoms with E-state index in [1.165, 1.54) is 16.5 Å². The summed E-state index contributed by atoms with van der Waals surface area (Å²) >= 11 is 0. The third-order valence-electron chi connectivity index (χ3n) is 4.34. The number of benzene rings is 2. The van der Waals surface area contributed by atoms with Gasteiger partial charge in [0.2, 0.25) is 0 Å². The summed E-state index contributed by atoms with van der Waals surface area (Å²) < 4.78 is 5.42. The largest absolute Gasteiger partial charge is 0.361 e. The van der Waals surface area contributed by atoms with Crippen molar-refractivity contribution in [2.24, 2.45) is 0 Å². The molecule has 0 spiro atoms. The number of aromatic nitrogens is 2. The summed E-state index contributed by atoms with van der Waals surface area (Å²) in [6, 6.07) is 16.5. The van der Waals surface area contributed by atoms with E-state index in [0.29, 0.717) is 0 Å². The highest BCUT2D eigenvalue weighted by Gasteiger charge is 2.13. The molecule has 4 nitrogen and oxygen atoms in total. The first-order valence-corrected chi connectivity index (χ1v) is 7.96. The summed E-state index contributed by atoms with van der Waals surface area (Å²) in [5.41, 5.74) is 4.36. The van der Waals surface area contributed by atoms with Gasteiger partial charge in [0.05, 0.1) is 0 Å². The van der Waals surface area contributed by atoms with Crippen LogP contribution >= 0.6 is 12.4 Å². The van der Waals surface area contributed by atoms with Crippen molar-refractivity contribution in [3.05, 3.63) is 66.0 Å². The van der Waals surface area contributed by atoms with Crippen LogP contribution < -0.4 is 0 Å². The van der Waals surface area contributed by atoms with E-state index in [1.807, 2.05) is 18.2 Å². The molecule has 0 saturated carbocycles. The van der Waals surface area contributed by atoms with Crippen molar-refractivity contribution >= 4 is 34.3 Å². The number of halogens is 1. The Kier molecular flexibility index (Phi) is 4.88. The lowest BCUT2D eigenvalue weighted by atomic mass is 10.1. The maximum absolute atomic E-state index is 5.42. The van der Waals surface area contributed by atoms with Crippen molar-refractivity contribution in [3.8, 4) is 0 Å². The molecule has 0 atom stereocenters. The van der Waals surface area contributed by atoms with Crippen LogP contribution in [-0.4, -0.2) is 21.6 Å². The summed E-state index contributed by atoms with van der Waals surface area (Å²) in [7, 11) is 0. The van der Waals surface area contributed by atoms with Crippen molar-refractivity contribution in [1.82, 2.24) is 15.0 Å². The number of hydrogen-bond donors (Lipinski definition) is 1. The Morgan fingerprint density at radius 3 is 2.58 bits per heavy atom. The van der Waals surface area contributed by atoms with E-state index >= 15 is 0 Å². The lowest BCUT2D eigenvalue weighted by molar-refractivity contribution is 0.264. The Bertz CT molecular complexity index is 868. The molecule has 0 bridgehead atoms. The molecule has 0 aliphatic carbocycles. The van der Waals surface area contributed by atoms with Crippen LogP contribution in [0, 0.1) is 0 Å². The van der Waals surface area contributed by atoms with E-state index in [2.05, 4.69) is 58.5 Å². The summed E-state index contributed by atoms with van der Waals surface area (Å²) in [6.45, 7) is 4.81. The van der Waals surface area contributed by atoms with Crippen LogP contribution in [-0.2, 0) is 13.1 Å². The average molecular weight is 342 g/mol. The summed E-state index contributed by atoms with van der Waals surface area (Å²) in [5, 5.41) is 6.64. The fourth-order valence-corrected chi connectivity index (χ4v) is 3.05. The predicted molar refractivity (Wildman–Crippen MR) is 99.3 cm³/mol. The second-order valence-corrected chi connectivity index (χ2v) is 5.79. The number of H-pyrrole nitrogens is 1. The highest BCUT2D eigenvalue weighted by molar-refractivity contribution is 5.85. The number of rotatable bonds is 5. The molecule has 2 heterocycles. The number of para-hydroxylation sites is 2. The molecule has 0 fully saturated rings. The first kappa shape index (κ1) is 16.6. The molecule has 4 rings (SSSR count). The number of hydrogen-bond acceptors (Lipinski definition) is 3. The van der Waals surface area contributed by atoms with Gasteiger partial charge in [0.1, 0.15) is 5.69 Å². The van der Waals surface area contributed by atoms with Gasteiger partial charge >= 0.3 is 0 Å². The Hall–Kier alpha value is -2.30. The van der Waals surface area contributed by atoms with E-state index in [0.717, 1.165) is 36.3 Å². The molecule has 124 valence electrons. The van der Waals surface area contributed by atoms with Gasteiger partial charge in [0.25, 0.3) is 0 Å². The molecule has 5 heteroatoms. The van der Waals surface area contributed by atoms with E-state index in [9.17, 15) is 0 Å². The van der Waals surface area contributed by atoms with E-state index in [-0.39, 0.29) is 12.4 Å². The van der Waals surface area contributed by atoms with Crippen LogP contribution in [0.5, 0.6) is 0 Å². The number of nitrogens with one attached hydrogen (secondary N) is 1. The first-order chi connectivity index (χ1) is 11.3. The Morgan fingerprint density at radius 2 is 1.75 bits per heavy atom. The van der Waals surface area contributed by atoms with Crippen molar-refractivity contribution in [3.63, 3.8) is 0 Å². The zero-order valence-electron chi connectivity index (χ0n) is 13.5. The van der Waals surface area contributed by atoms with Gasteiger partial charge in [0.15, 0.2) is 5.58 Å². The van der Waals surface area contributed by atoms with Crippen LogP contribution in [0.4, 0.5) is 0 Å². The molecule has 0 aliphatic heterocycles. The summed E-state index contributed by atoms with van der Waals surface area (Å²) in [6.07, 6.45) is 2.11. The molecule has 4 aromatic rings. The van der Waals surface area contributed by atoms with Crippen molar-refractivity contribution < 1.29 is 4.52 Å². The van der Waals surface area contributed by atoms with Gasteiger partial charge in [-0.2, -0.15) is 0 Å². The third-order valence-corrected chi connectivity index (χ3v) is 4.34. The lowest BCUT2D eigenvalue weighted by Crippen LogP contribution is -2.22. The molecule has 0 unspecified atom stereocenters. The zero-order chi connectivity index (χ0) is 15.6. The van der Waals surface area contributed by atoms with Gasteiger partial charge < -0.3 is 9.51 Å². The monoisotopic (exact) mass is 341 g/mol. The van der Waals surface area contributed by atoms with E-state index < -0.39 is 0 Å². The Balaban J connectivity index is 0.00000169. The van der Waals surface area contributed by atoms with Crippen LogP contribution in [0.2, 0.25) is 0 Å². The fraction of sp³-hybridized carbons (Fsp3) is 0.211. The number of nitrogens with zero attached hydrogens (tertiary/aromatic N) is 2. The second-order valence-electron chi connectivity index (χ2n) is 5.79. The SMILES string of the molecule is CCN(Cc1c[nH]c2ccccc12)Cc1noc2ccccc12.Cl. The van der Waals surface area contributed by atoms with Gasteiger partial charge in [-0.3, -0.25) is 4.90 Å². The van der Waals surface area contributed by atoms with E-state index in [1.54, 1.807) is 0 Å². The topological polar surface area (TPSA) is 45.1 Å². The number of fused-ring (bicyclic) bond motifs is 2. The third kappa shape index (κ3) is 3.03. The minimum atomic E-state index is 0. The molecule has 1 N–H and O–H groups in total. The Morgan fingerprint density at radius 1 is 1.00 bits per heavy atom. The zero-order valence-corrected chi connectivity index (χ0v) is 14.3. The van der Waals surface area contributed by atoms with E-state index in [4.69, 9.17) is 4.52 Å². The first-order valence-electron chi connectivity index (χ1n) is 7.96.